The first-order chi connectivity index (χ1) is 10.4. The molecule has 4 nitrogen and oxygen atoms in total. The van der Waals surface area contributed by atoms with Crippen LogP contribution in [0.5, 0.6) is 5.75 Å². The van der Waals surface area contributed by atoms with Gasteiger partial charge in [-0.05, 0) is 47.5 Å². The van der Waals surface area contributed by atoms with Gasteiger partial charge in [0, 0.05) is 12.6 Å². The zero-order chi connectivity index (χ0) is 16.2. The van der Waals surface area contributed by atoms with Crippen molar-refractivity contribution in [3.63, 3.8) is 0 Å². The van der Waals surface area contributed by atoms with Crippen molar-refractivity contribution in [2.75, 3.05) is 6.61 Å². The third-order valence-electron chi connectivity index (χ3n) is 3.10. The fraction of sp³-hybridized carbons (Fsp3) is 0.250. The van der Waals surface area contributed by atoms with Crippen LogP contribution in [0.4, 0.5) is 0 Å². The first-order valence-electron chi connectivity index (χ1n) is 6.90. The molecule has 0 saturated heterocycles. The molecular weight excluding hydrogens is 366 g/mol. The molecule has 2 aromatic carbocycles. The number of sulfonamides is 1. The molecule has 0 aliphatic carbocycles. The van der Waals surface area contributed by atoms with Crippen LogP contribution < -0.4 is 9.46 Å². The first kappa shape index (κ1) is 17.0. The smallest absolute Gasteiger partial charge is 0.241 e. The van der Waals surface area contributed by atoms with Gasteiger partial charge >= 0.3 is 0 Å². The molecule has 0 heterocycles. The normalized spacial score (nSPS) is 11.4. The average molecular weight is 384 g/mol. The Kier molecular flexibility index (Phi) is 5.61. The molecule has 1 N–H and O–H groups in total. The number of hydrogen-bond donors (Lipinski definition) is 1. The monoisotopic (exact) mass is 383 g/mol. The minimum atomic E-state index is -3.58. The molecule has 2 rings (SSSR count). The maximum atomic E-state index is 12.4. The summed E-state index contributed by atoms with van der Waals surface area (Å²) in [6.45, 7) is 4.57. The summed E-state index contributed by atoms with van der Waals surface area (Å²) in [7, 11) is -3.58. The molecule has 2 aromatic rings. The molecular formula is C16H18BrNO3S. The Morgan fingerprint density at radius 3 is 2.45 bits per heavy atom. The van der Waals surface area contributed by atoms with E-state index in [1.807, 2.05) is 38.1 Å². The van der Waals surface area contributed by atoms with E-state index in [0.717, 1.165) is 15.6 Å². The van der Waals surface area contributed by atoms with Crippen LogP contribution >= 0.6 is 15.9 Å². The van der Waals surface area contributed by atoms with Gasteiger partial charge in [-0.3, -0.25) is 0 Å². The SMILES string of the molecule is CCOc1cc(S(=O)(=O)NCc2ccc(C)cc2)ccc1Br. The van der Waals surface area contributed by atoms with Gasteiger partial charge in [0.25, 0.3) is 0 Å². The number of ether oxygens (including phenoxy) is 1. The largest absolute Gasteiger partial charge is 0.493 e. The van der Waals surface area contributed by atoms with Gasteiger partial charge < -0.3 is 4.74 Å². The number of aryl methyl sites for hydroxylation is 1. The number of rotatable bonds is 6. The molecule has 118 valence electrons. The van der Waals surface area contributed by atoms with Crippen LogP contribution in [0, 0.1) is 6.92 Å². The summed E-state index contributed by atoms with van der Waals surface area (Å²) < 4.78 is 33.5. The minimum absolute atomic E-state index is 0.186. The standard InChI is InChI=1S/C16H18BrNO3S/c1-3-21-16-10-14(8-9-15(16)17)22(19,20)18-11-13-6-4-12(2)5-7-13/h4-10,18H,3,11H2,1-2H3. The van der Waals surface area contributed by atoms with Crippen molar-refractivity contribution in [3.8, 4) is 5.75 Å². The Labute approximate surface area is 139 Å². The van der Waals surface area contributed by atoms with Gasteiger partial charge in [0.1, 0.15) is 5.75 Å². The summed E-state index contributed by atoms with van der Waals surface area (Å²) in [5, 5.41) is 0. The lowest BCUT2D eigenvalue weighted by Gasteiger charge is -2.10. The Balaban J connectivity index is 2.16. The van der Waals surface area contributed by atoms with Gasteiger partial charge in [0.2, 0.25) is 10.0 Å². The van der Waals surface area contributed by atoms with Gasteiger partial charge in [0.15, 0.2) is 0 Å². The van der Waals surface area contributed by atoms with Crippen LogP contribution in [0.25, 0.3) is 0 Å². The number of hydrogen-bond acceptors (Lipinski definition) is 3. The van der Waals surface area contributed by atoms with Crippen molar-refractivity contribution in [2.24, 2.45) is 0 Å². The number of halogens is 1. The summed E-state index contributed by atoms with van der Waals surface area (Å²) in [5.74, 6) is 0.515. The molecule has 0 radical (unpaired) electrons. The van der Waals surface area contributed by atoms with Crippen molar-refractivity contribution >= 4 is 26.0 Å². The molecule has 0 aliphatic heterocycles. The maximum absolute atomic E-state index is 12.4. The molecule has 6 heteroatoms. The molecule has 0 amide bonds. The third-order valence-corrected chi connectivity index (χ3v) is 5.15. The highest BCUT2D eigenvalue weighted by Crippen LogP contribution is 2.28. The Morgan fingerprint density at radius 2 is 1.82 bits per heavy atom. The van der Waals surface area contributed by atoms with E-state index in [2.05, 4.69) is 20.7 Å². The lowest BCUT2D eigenvalue weighted by Crippen LogP contribution is -2.23. The van der Waals surface area contributed by atoms with Gasteiger partial charge in [-0.1, -0.05) is 29.8 Å². The zero-order valence-corrected chi connectivity index (χ0v) is 14.9. The molecule has 0 saturated carbocycles. The van der Waals surface area contributed by atoms with E-state index < -0.39 is 10.0 Å². The van der Waals surface area contributed by atoms with E-state index in [-0.39, 0.29) is 11.4 Å². The quantitative estimate of drug-likeness (QED) is 0.828. The van der Waals surface area contributed by atoms with Crippen LogP contribution in [0.2, 0.25) is 0 Å². The Bertz CT molecular complexity index is 742. The van der Waals surface area contributed by atoms with Crippen LogP contribution in [-0.4, -0.2) is 15.0 Å². The molecule has 0 aromatic heterocycles. The third kappa shape index (κ3) is 4.32. The summed E-state index contributed by atoms with van der Waals surface area (Å²) in [6.07, 6.45) is 0. The second-order valence-corrected chi connectivity index (χ2v) is 7.46. The summed E-state index contributed by atoms with van der Waals surface area (Å²) in [6, 6.07) is 12.5. The average Bonchev–Trinajstić information content (AvgIpc) is 2.49. The van der Waals surface area contributed by atoms with E-state index in [1.165, 1.54) is 6.07 Å². The van der Waals surface area contributed by atoms with Gasteiger partial charge in [-0.2, -0.15) is 0 Å². The van der Waals surface area contributed by atoms with Crippen LogP contribution in [0.15, 0.2) is 51.8 Å². The molecule has 0 bridgehead atoms. The molecule has 0 unspecified atom stereocenters. The van der Waals surface area contributed by atoms with E-state index in [4.69, 9.17) is 4.74 Å². The molecule has 0 spiro atoms. The highest BCUT2D eigenvalue weighted by Gasteiger charge is 2.16. The molecule has 0 aliphatic rings. The first-order valence-corrected chi connectivity index (χ1v) is 9.17. The number of benzene rings is 2. The summed E-state index contributed by atoms with van der Waals surface area (Å²) >= 11 is 3.34. The lowest BCUT2D eigenvalue weighted by atomic mass is 10.2. The van der Waals surface area contributed by atoms with Crippen molar-refractivity contribution < 1.29 is 13.2 Å². The van der Waals surface area contributed by atoms with Gasteiger partial charge in [0.05, 0.1) is 16.0 Å². The minimum Gasteiger partial charge on any atom is -0.493 e. The van der Waals surface area contributed by atoms with Crippen LogP contribution in [0.1, 0.15) is 18.1 Å². The fourth-order valence-corrected chi connectivity index (χ4v) is 3.28. The van der Waals surface area contributed by atoms with Crippen molar-refractivity contribution in [2.45, 2.75) is 25.3 Å². The lowest BCUT2D eigenvalue weighted by molar-refractivity contribution is 0.337. The van der Waals surface area contributed by atoms with Crippen molar-refractivity contribution in [1.29, 1.82) is 0 Å². The summed E-state index contributed by atoms with van der Waals surface area (Å²) in [5.41, 5.74) is 2.05. The van der Waals surface area contributed by atoms with Crippen molar-refractivity contribution in [1.82, 2.24) is 4.72 Å². The highest BCUT2D eigenvalue weighted by molar-refractivity contribution is 9.10. The fourth-order valence-electron chi connectivity index (χ4n) is 1.88. The van der Waals surface area contributed by atoms with E-state index >= 15 is 0 Å². The van der Waals surface area contributed by atoms with E-state index in [1.54, 1.807) is 12.1 Å². The highest BCUT2D eigenvalue weighted by atomic mass is 79.9. The van der Waals surface area contributed by atoms with E-state index in [0.29, 0.717) is 12.4 Å². The molecule has 0 fully saturated rings. The topological polar surface area (TPSA) is 55.4 Å². The predicted molar refractivity (Wildman–Crippen MR) is 90.5 cm³/mol. The van der Waals surface area contributed by atoms with Crippen molar-refractivity contribution in [3.05, 3.63) is 58.1 Å². The number of nitrogens with one attached hydrogen (secondary N) is 1. The Hall–Kier alpha value is -1.37. The van der Waals surface area contributed by atoms with Crippen LogP contribution in [-0.2, 0) is 16.6 Å². The maximum Gasteiger partial charge on any atom is 0.241 e. The summed E-state index contributed by atoms with van der Waals surface area (Å²) in [4.78, 5) is 0.186. The predicted octanol–water partition coefficient (Wildman–Crippen LogP) is 3.63. The second kappa shape index (κ2) is 7.26. The molecule has 0 atom stereocenters. The van der Waals surface area contributed by atoms with Gasteiger partial charge in [-0.15, -0.1) is 0 Å². The van der Waals surface area contributed by atoms with Gasteiger partial charge in [-0.25, -0.2) is 13.1 Å². The molecule has 22 heavy (non-hydrogen) atoms. The second-order valence-electron chi connectivity index (χ2n) is 4.84. The zero-order valence-electron chi connectivity index (χ0n) is 12.5. The Morgan fingerprint density at radius 1 is 1.14 bits per heavy atom. The van der Waals surface area contributed by atoms with Crippen LogP contribution in [0.3, 0.4) is 0 Å². The van der Waals surface area contributed by atoms with E-state index in [9.17, 15) is 8.42 Å².